The van der Waals surface area contributed by atoms with Gasteiger partial charge in [-0.25, -0.2) is 4.98 Å². The first-order chi connectivity index (χ1) is 13.6. The van der Waals surface area contributed by atoms with E-state index in [-0.39, 0.29) is 30.7 Å². The third-order valence-electron chi connectivity index (χ3n) is 4.85. The van der Waals surface area contributed by atoms with Crippen LogP contribution in [0.1, 0.15) is 16.4 Å². The van der Waals surface area contributed by atoms with Crippen LogP contribution in [0.2, 0.25) is 0 Å². The summed E-state index contributed by atoms with van der Waals surface area (Å²) in [6, 6.07) is 11.0. The fourth-order valence-corrected chi connectivity index (χ4v) is 3.34. The van der Waals surface area contributed by atoms with E-state index in [9.17, 15) is 9.59 Å². The van der Waals surface area contributed by atoms with E-state index in [4.69, 9.17) is 9.15 Å². The van der Waals surface area contributed by atoms with Crippen molar-refractivity contribution in [1.82, 2.24) is 19.4 Å². The predicted octanol–water partition coefficient (Wildman–Crippen LogP) is 1.76. The Labute approximate surface area is 162 Å². The van der Waals surface area contributed by atoms with Crippen LogP contribution in [-0.4, -0.2) is 64.5 Å². The van der Waals surface area contributed by atoms with E-state index < -0.39 is 0 Å². The van der Waals surface area contributed by atoms with Crippen molar-refractivity contribution in [2.24, 2.45) is 0 Å². The summed E-state index contributed by atoms with van der Waals surface area (Å²) in [6.45, 7) is 2.76. The number of carbonyl (C=O) groups excluding carboxylic acids is 2. The van der Waals surface area contributed by atoms with Crippen LogP contribution in [0.15, 0.2) is 47.1 Å². The fraction of sp³-hybridized carbons (Fsp3) is 0.350. The van der Waals surface area contributed by atoms with Gasteiger partial charge in [0.25, 0.3) is 5.91 Å². The van der Waals surface area contributed by atoms with Gasteiger partial charge in [0.15, 0.2) is 5.76 Å². The molecule has 8 nitrogen and oxygen atoms in total. The number of amides is 2. The van der Waals surface area contributed by atoms with Crippen LogP contribution >= 0.6 is 0 Å². The van der Waals surface area contributed by atoms with Crippen molar-refractivity contribution in [3.05, 3.63) is 54.2 Å². The first kappa shape index (κ1) is 18.2. The van der Waals surface area contributed by atoms with Gasteiger partial charge in [0.1, 0.15) is 12.4 Å². The zero-order chi connectivity index (χ0) is 19.5. The molecular formula is C20H22N4O4. The van der Waals surface area contributed by atoms with Gasteiger partial charge in [-0.1, -0.05) is 12.1 Å². The monoisotopic (exact) mass is 382 g/mol. The maximum atomic E-state index is 12.8. The van der Waals surface area contributed by atoms with Crippen LogP contribution in [0.5, 0.6) is 0 Å². The molecule has 2 aromatic heterocycles. The number of morpholine rings is 1. The van der Waals surface area contributed by atoms with Crippen LogP contribution in [0, 0.1) is 0 Å². The molecule has 3 aromatic rings. The van der Waals surface area contributed by atoms with Gasteiger partial charge < -0.3 is 23.5 Å². The number of para-hydroxylation sites is 2. The smallest absolute Gasteiger partial charge is 0.289 e. The van der Waals surface area contributed by atoms with Gasteiger partial charge >= 0.3 is 0 Å². The molecule has 3 heterocycles. The summed E-state index contributed by atoms with van der Waals surface area (Å²) in [5.41, 5.74) is 1.67. The van der Waals surface area contributed by atoms with E-state index in [1.54, 1.807) is 24.1 Å². The highest BCUT2D eigenvalue weighted by Gasteiger charge is 2.22. The van der Waals surface area contributed by atoms with E-state index in [1.807, 2.05) is 28.8 Å². The highest BCUT2D eigenvalue weighted by atomic mass is 16.5. The van der Waals surface area contributed by atoms with E-state index >= 15 is 0 Å². The molecule has 1 aliphatic heterocycles. The lowest BCUT2D eigenvalue weighted by atomic mass is 10.3. The molecule has 0 aliphatic carbocycles. The molecule has 0 saturated carbocycles. The highest BCUT2D eigenvalue weighted by molar-refractivity contribution is 5.91. The summed E-state index contributed by atoms with van der Waals surface area (Å²) in [4.78, 5) is 33.3. The summed E-state index contributed by atoms with van der Waals surface area (Å²) in [5, 5.41) is 0. The third kappa shape index (κ3) is 3.63. The molecule has 2 amide bonds. The SMILES string of the molecule is CN(Cc1nc2ccccc2n1CC(=O)N1CCOCC1)C(=O)c1ccco1. The highest BCUT2D eigenvalue weighted by Crippen LogP contribution is 2.18. The number of hydrogen-bond donors (Lipinski definition) is 0. The van der Waals surface area contributed by atoms with Crippen molar-refractivity contribution in [1.29, 1.82) is 0 Å². The molecule has 28 heavy (non-hydrogen) atoms. The van der Waals surface area contributed by atoms with Crippen molar-refractivity contribution in [2.45, 2.75) is 13.1 Å². The minimum absolute atomic E-state index is 0.0210. The fourth-order valence-electron chi connectivity index (χ4n) is 3.34. The zero-order valence-corrected chi connectivity index (χ0v) is 15.7. The average molecular weight is 382 g/mol. The predicted molar refractivity (Wildman–Crippen MR) is 102 cm³/mol. The Kier molecular flexibility index (Phi) is 5.12. The van der Waals surface area contributed by atoms with E-state index in [2.05, 4.69) is 4.98 Å². The Morgan fingerprint density at radius 1 is 1.14 bits per heavy atom. The molecule has 0 spiro atoms. The number of ether oxygens (including phenoxy) is 1. The van der Waals surface area contributed by atoms with E-state index in [1.165, 1.54) is 11.2 Å². The topological polar surface area (TPSA) is 80.8 Å². The van der Waals surface area contributed by atoms with Crippen LogP contribution in [0.25, 0.3) is 11.0 Å². The maximum absolute atomic E-state index is 12.8. The normalized spacial score (nSPS) is 14.4. The Balaban J connectivity index is 1.59. The largest absolute Gasteiger partial charge is 0.459 e. The number of aromatic nitrogens is 2. The standard InChI is InChI=1S/C20H22N4O4/c1-22(20(26)17-7-4-10-28-17)13-18-21-15-5-2-3-6-16(15)24(18)14-19(25)23-8-11-27-12-9-23/h2-7,10H,8-9,11-14H2,1H3. The second-order valence-corrected chi connectivity index (χ2v) is 6.73. The van der Waals surface area contributed by atoms with Crippen molar-refractivity contribution in [3.8, 4) is 0 Å². The summed E-state index contributed by atoms with van der Waals surface area (Å²) in [5.74, 6) is 0.718. The molecule has 0 N–H and O–H groups in total. The second-order valence-electron chi connectivity index (χ2n) is 6.73. The summed E-state index contributed by atoms with van der Waals surface area (Å²) < 4.78 is 12.4. The molecule has 1 aromatic carbocycles. The van der Waals surface area contributed by atoms with Crippen LogP contribution in [-0.2, 0) is 22.6 Å². The van der Waals surface area contributed by atoms with Crippen molar-refractivity contribution < 1.29 is 18.7 Å². The average Bonchev–Trinajstić information content (AvgIpc) is 3.37. The second kappa shape index (κ2) is 7.85. The van der Waals surface area contributed by atoms with Crippen LogP contribution in [0.4, 0.5) is 0 Å². The van der Waals surface area contributed by atoms with Gasteiger partial charge in [0.05, 0.1) is 37.1 Å². The van der Waals surface area contributed by atoms with Gasteiger partial charge in [-0.05, 0) is 24.3 Å². The Morgan fingerprint density at radius 3 is 2.68 bits per heavy atom. The van der Waals surface area contributed by atoms with Gasteiger partial charge in [-0.3, -0.25) is 9.59 Å². The summed E-state index contributed by atoms with van der Waals surface area (Å²) in [6.07, 6.45) is 1.47. The number of furan rings is 1. The van der Waals surface area contributed by atoms with Gasteiger partial charge in [-0.2, -0.15) is 0 Å². The molecule has 1 fully saturated rings. The van der Waals surface area contributed by atoms with Gasteiger partial charge in [-0.15, -0.1) is 0 Å². The molecule has 0 bridgehead atoms. The molecule has 146 valence electrons. The molecular weight excluding hydrogens is 360 g/mol. The first-order valence-electron chi connectivity index (χ1n) is 9.22. The van der Waals surface area contributed by atoms with Gasteiger partial charge in [0.2, 0.25) is 5.91 Å². The number of fused-ring (bicyclic) bond motifs is 1. The molecule has 0 unspecified atom stereocenters. The zero-order valence-electron chi connectivity index (χ0n) is 15.7. The lowest BCUT2D eigenvalue weighted by Crippen LogP contribution is -2.42. The molecule has 8 heteroatoms. The lowest BCUT2D eigenvalue weighted by molar-refractivity contribution is -0.135. The maximum Gasteiger partial charge on any atom is 0.289 e. The number of hydrogen-bond acceptors (Lipinski definition) is 5. The quantitative estimate of drug-likeness (QED) is 0.672. The number of imidazole rings is 1. The van der Waals surface area contributed by atoms with E-state index in [0.717, 1.165) is 11.0 Å². The van der Waals surface area contributed by atoms with Gasteiger partial charge in [0, 0.05) is 20.1 Å². The first-order valence-corrected chi connectivity index (χ1v) is 9.22. The number of carbonyl (C=O) groups is 2. The molecule has 4 rings (SSSR count). The summed E-state index contributed by atoms with van der Waals surface area (Å²) >= 11 is 0. The molecule has 1 aliphatic rings. The minimum atomic E-state index is -0.233. The van der Waals surface area contributed by atoms with Crippen LogP contribution < -0.4 is 0 Å². The minimum Gasteiger partial charge on any atom is -0.459 e. The molecule has 1 saturated heterocycles. The van der Waals surface area contributed by atoms with Crippen molar-refractivity contribution in [3.63, 3.8) is 0 Å². The van der Waals surface area contributed by atoms with Crippen molar-refractivity contribution in [2.75, 3.05) is 33.4 Å². The van der Waals surface area contributed by atoms with E-state index in [0.29, 0.717) is 32.1 Å². The lowest BCUT2D eigenvalue weighted by Gasteiger charge is -2.27. The Bertz CT molecular complexity index is 973. The number of rotatable bonds is 5. The molecule has 0 radical (unpaired) electrons. The summed E-state index contributed by atoms with van der Waals surface area (Å²) in [7, 11) is 1.69. The van der Waals surface area contributed by atoms with Crippen LogP contribution in [0.3, 0.4) is 0 Å². The number of nitrogens with zero attached hydrogens (tertiary/aromatic N) is 4. The Morgan fingerprint density at radius 2 is 1.93 bits per heavy atom. The third-order valence-corrected chi connectivity index (χ3v) is 4.85. The van der Waals surface area contributed by atoms with Crippen molar-refractivity contribution >= 4 is 22.8 Å². The number of benzene rings is 1. The molecule has 0 atom stereocenters. The Hall–Kier alpha value is -3.13.